The molecule has 0 aliphatic heterocycles. The first-order valence-corrected chi connectivity index (χ1v) is 5.70. The van der Waals surface area contributed by atoms with Crippen LogP contribution in [0, 0.1) is 0 Å². The van der Waals surface area contributed by atoms with E-state index in [1.165, 1.54) is 7.11 Å². The van der Waals surface area contributed by atoms with Crippen LogP contribution in [0.25, 0.3) is 0 Å². The quantitative estimate of drug-likeness (QED) is 0.585. The zero-order chi connectivity index (χ0) is 12.4. The highest BCUT2D eigenvalue weighted by Crippen LogP contribution is 2.15. The fraction of sp³-hybridized carbons (Fsp3) is 0.833. The van der Waals surface area contributed by atoms with E-state index in [1.54, 1.807) is 7.11 Å². The molecule has 0 aromatic heterocycles. The van der Waals surface area contributed by atoms with Gasteiger partial charge in [0, 0.05) is 14.2 Å². The van der Waals surface area contributed by atoms with Crippen LogP contribution >= 0.6 is 0 Å². The summed E-state index contributed by atoms with van der Waals surface area (Å²) in [5, 5.41) is 19.5. The summed E-state index contributed by atoms with van der Waals surface area (Å²) in [6.07, 6.45) is 2.93. The second-order valence-electron chi connectivity index (χ2n) is 3.81. The normalized spacial score (nSPS) is 16.2. The van der Waals surface area contributed by atoms with Crippen LogP contribution in [-0.4, -0.2) is 49.9 Å². The van der Waals surface area contributed by atoms with Crippen LogP contribution in [0.1, 0.15) is 26.2 Å². The molecule has 96 valence electrons. The Bertz CT molecular complexity index is 191. The molecule has 0 aliphatic carbocycles. The Morgan fingerprint density at radius 1 is 1.25 bits per heavy atom. The van der Waals surface area contributed by atoms with E-state index in [4.69, 9.17) is 9.47 Å². The number of aliphatic hydroxyl groups is 2. The summed E-state index contributed by atoms with van der Waals surface area (Å²) in [6.45, 7) is 2.68. The molecule has 0 amide bonds. The summed E-state index contributed by atoms with van der Waals surface area (Å²) in [5.41, 5.74) is 0.827. The first-order valence-electron chi connectivity index (χ1n) is 5.70. The van der Waals surface area contributed by atoms with Crippen molar-refractivity contribution in [3.8, 4) is 0 Å². The fourth-order valence-corrected chi connectivity index (χ4v) is 1.45. The first-order chi connectivity index (χ1) is 7.67. The number of methoxy groups -OCH3 is 2. The Morgan fingerprint density at radius 2 is 1.94 bits per heavy atom. The van der Waals surface area contributed by atoms with Gasteiger partial charge in [-0.1, -0.05) is 19.4 Å². The minimum atomic E-state index is -0.870. The smallest absolute Gasteiger partial charge is 0.107 e. The van der Waals surface area contributed by atoms with Gasteiger partial charge in [-0.3, -0.25) is 0 Å². The van der Waals surface area contributed by atoms with Crippen LogP contribution < -0.4 is 0 Å². The van der Waals surface area contributed by atoms with Crippen molar-refractivity contribution < 1.29 is 19.7 Å². The minimum Gasteiger partial charge on any atom is -0.388 e. The van der Waals surface area contributed by atoms with Crippen LogP contribution in [0.2, 0.25) is 0 Å². The van der Waals surface area contributed by atoms with Gasteiger partial charge in [0.1, 0.15) is 12.2 Å². The molecular weight excluding hydrogens is 208 g/mol. The molecule has 4 heteroatoms. The lowest BCUT2D eigenvalue weighted by Gasteiger charge is -2.20. The van der Waals surface area contributed by atoms with Gasteiger partial charge in [-0.05, 0) is 18.4 Å². The topological polar surface area (TPSA) is 58.9 Å². The van der Waals surface area contributed by atoms with E-state index in [0.717, 1.165) is 24.8 Å². The van der Waals surface area contributed by atoms with Crippen molar-refractivity contribution in [3.63, 3.8) is 0 Å². The van der Waals surface area contributed by atoms with Gasteiger partial charge in [-0.25, -0.2) is 0 Å². The molecule has 0 rings (SSSR count). The van der Waals surface area contributed by atoms with Crippen molar-refractivity contribution in [2.24, 2.45) is 0 Å². The molecule has 0 spiro atoms. The Balaban J connectivity index is 4.35. The molecule has 16 heavy (non-hydrogen) atoms. The lowest BCUT2D eigenvalue weighted by Crippen LogP contribution is -2.32. The lowest BCUT2D eigenvalue weighted by molar-refractivity contribution is -0.0115. The molecule has 0 aromatic rings. The summed E-state index contributed by atoms with van der Waals surface area (Å²) < 4.78 is 9.76. The molecule has 4 nitrogen and oxygen atoms in total. The fourth-order valence-electron chi connectivity index (χ4n) is 1.45. The van der Waals surface area contributed by atoms with Gasteiger partial charge >= 0.3 is 0 Å². The molecule has 0 radical (unpaired) electrons. The third-order valence-electron chi connectivity index (χ3n) is 2.41. The third kappa shape index (κ3) is 6.23. The molecular formula is C12H24O4. The standard InChI is InChI=1S/C12H24O4/c1-4-5-6-10(7-8-15-2)12(14)11(13)9-16-3/h7,11-14H,4-6,8-9H2,1-3H3/b10-7-/t11-,12-/m1/s1. The predicted octanol–water partition coefficient (Wildman–Crippen LogP) is 1.12. The number of aliphatic hydroxyl groups excluding tert-OH is 2. The van der Waals surface area contributed by atoms with E-state index >= 15 is 0 Å². The average Bonchev–Trinajstić information content (AvgIpc) is 2.29. The van der Waals surface area contributed by atoms with Gasteiger partial charge in [0.05, 0.1) is 13.2 Å². The van der Waals surface area contributed by atoms with E-state index < -0.39 is 12.2 Å². The van der Waals surface area contributed by atoms with Crippen molar-refractivity contribution in [2.75, 3.05) is 27.4 Å². The van der Waals surface area contributed by atoms with Gasteiger partial charge in [-0.2, -0.15) is 0 Å². The Labute approximate surface area is 97.9 Å². The highest BCUT2D eigenvalue weighted by molar-refractivity contribution is 5.10. The molecule has 0 saturated carbocycles. The number of hydrogen-bond acceptors (Lipinski definition) is 4. The highest BCUT2D eigenvalue weighted by atomic mass is 16.5. The molecule has 0 fully saturated rings. The van der Waals surface area contributed by atoms with E-state index in [2.05, 4.69) is 6.92 Å². The molecule has 2 N–H and O–H groups in total. The summed E-state index contributed by atoms with van der Waals surface area (Å²) >= 11 is 0. The zero-order valence-electron chi connectivity index (χ0n) is 10.5. The van der Waals surface area contributed by atoms with Gasteiger partial charge < -0.3 is 19.7 Å². The van der Waals surface area contributed by atoms with E-state index in [0.29, 0.717) is 6.61 Å². The zero-order valence-corrected chi connectivity index (χ0v) is 10.5. The van der Waals surface area contributed by atoms with Gasteiger partial charge in [0.2, 0.25) is 0 Å². The number of rotatable bonds is 9. The maximum Gasteiger partial charge on any atom is 0.107 e. The molecule has 2 atom stereocenters. The summed E-state index contributed by atoms with van der Waals surface area (Å²) in [4.78, 5) is 0. The molecule has 0 aromatic carbocycles. The van der Waals surface area contributed by atoms with Crippen LogP contribution in [0.3, 0.4) is 0 Å². The van der Waals surface area contributed by atoms with Crippen LogP contribution in [0.5, 0.6) is 0 Å². The average molecular weight is 232 g/mol. The van der Waals surface area contributed by atoms with Crippen molar-refractivity contribution >= 4 is 0 Å². The molecule has 0 saturated heterocycles. The second kappa shape index (κ2) is 9.78. The van der Waals surface area contributed by atoms with Crippen LogP contribution in [-0.2, 0) is 9.47 Å². The molecule has 0 unspecified atom stereocenters. The maximum atomic E-state index is 9.91. The number of unbranched alkanes of at least 4 members (excludes halogenated alkanes) is 1. The SMILES string of the molecule is CCCC/C(=C/COC)[C@@H](O)[C@H](O)COC. The first kappa shape index (κ1) is 15.6. The van der Waals surface area contributed by atoms with E-state index in [-0.39, 0.29) is 6.61 Å². The van der Waals surface area contributed by atoms with Crippen molar-refractivity contribution in [1.29, 1.82) is 0 Å². The lowest BCUT2D eigenvalue weighted by atomic mass is 9.99. The van der Waals surface area contributed by atoms with Gasteiger partial charge in [0.15, 0.2) is 0 Å². The number of hydrogen-bond donors (Lipinski definition) is 2. The molecule has 0 aliphatic rings. The van der Waals surface area contributed by atoms with E-state index in [1.807, 2.05) is 6.08 Å². The summed E-state index contributed by atoms with van der Waals surface area (Å²) in [6, 6.07) is 0. The third-order valence-corrected chi connectivity index (χ3v) is 2.41. The predicted molar refractivity (Wildman–Crippen MR) is 63.4 cm³/mol. The maximum absolute atomic E-state index is 9.91. The number of ether oxygens (including phenoxy) is 2. The van der Waals surface area contributed by atoms with Crippen molar-refractivity contribution in [3.05, 3.63) is 11.6 Å². The Morgan fingerprint density at radius 3 is 2.44 bits per heavy atom. The molecule has 0 heterocycles. The van der Waals surface area contributed by atoms with E-state index in [9.17, 15) is 10.2 Å². The Kier molecular flexibility index (Phi) is 9.52. The summed E-state index contributed by atoms with van der Waals surface area (Å²) in [7, 11) is 3.10. The van der Waals surface area contributed by atoms with Crippen molar-refractivity contribution in [2.45, 2.75) is 38.4 Å². The van der Waals surface area contributed by atoms with Gasteiger partial charge in [-0.15, -0.1) is 0 Å². The summed E-state index contributed by atoms with van der Waals surface area (Å²) in [5.74, 6) is 0. The van der Waals surface area contributed by atoms with Crippen LogP contribution in [0.4, 0.5) is 0 Å². The van der Waals surface area contributed by atoms with Crippen LogP contribution in [0.15, 0.2) is 11.6 Å². The monoisotopic (exact) mass is 232 g/mol. The second-order valence-corrected chi connectivity index (χ2v) is 3.81. The minimum absolute atomic E-state index is 0.137. The molecule has 0 bridgehead atoms. The van der Waals surface area contributed by atoms with Crippen molar-refractivity contribution in [1.82, 2.24) is 0 Å². The Hall–Kier alpha value is -0.420. The highest BCUT2D eigenvalue weighted by Gasteiger charge is 2.19. The van der Waals surface area contributed by atoms with Gasteiger partial charge in [0.25, 0.3) is 0 Å². The largest absolute Gasteiger partial charge is 0.388 e.